The van der Waals surface area contributed by atoms with Crippen molar-refractivity contribution in [3.05, 3.63) is 59.7 Å². The fraction of sp³-hybridized carbons (Fsp3) is 0.417. The van der Waals surface area contributed by atoms with Crippen LogP contribution in [0.25, 0.3) is 0 Å². The number of nitrogens with one attached hydrogen (secondary N) is 2. The zero-order valence-corrected chi connectivity index (χ0v) is 19.2. The summed E-state index contributed by atoms with van der Waals surface area (Å²) in [4.78, 5) is 25.2. The van der Waals surface area contributed by atoms with Crippen molar-refractivity contribution >= 4 is 27.5 Å². The summed E-state index contributed by atoms with van der Waals surface area (Å²) in [6.45, 7) is 5.08. The van der Waals surface area contributed by atoms with Crippen LogP contribution in [-0.2, 0) is 10.0 Å². The van der Waals surface area contributed by atoms with Gasteiger partial charge in [0.15, 0.2) is 0 Å². The molecule has 2 amide bonds. The fourth-order valence-electron chi connectivity index (χ4n) is 4.19. The van der Waals surface area contributed by atoms with Crippen LogP contribution in [0, 0.1) is 11.8 Å². The molecule has 2 aliphatic rings. The first kappa shape index (κ1) is 22.5. The Balaban J connectivity index is 1.49. The molecule has 7 nitrogen and oxygen atoms in total. The van der Waals surface area contributed by atoms with Crippen LogP contribution in [0.15, 0.2) is 53.4 Å². The van der Waals surface area contributed by atoms with Gasteiger partial charge in [0, 0.05) is 35.9 Å². The lowest BCUT2D eigenvalue weighted by molar-refractivity contribution is 0.0949. The van der Waals surface area contributed by atoms with E-state index in [1.807, 2.05) is 0 Å². The van der Waals surface area contributed by atoms with Crippen molar-refractivity contribution < 1.29 is 18.0 Å². The topological polar surface area (TPSA) is 95.6 Å². The van der Waals surface area contributed by atoms with Gasteiger partial charge < -0.3 is 10.6 Å². The SMILES string of the molecule is CC1CC(C)CN(S(=O)(=O)c2cccc(C(=O)Nc3cccc(C(=O)NC4CC4)c3)c2)C1. The molecule has 32 heavy (non-hydrogen) atoms. The summed E-state index contributed by atoms with van der Waals surface area (Å²) < 4.78 is 27.9. The molecule has 2 atom stereocenters. The normalized spacial score (nSPS) is 21.7. The molecule has 2 fully saturated rings. The molecule has 0 bridgehead atoms. The van der Waals surface area contributed by atoms with Gasteiger partial charge in [-0.25, -0.2) is 8.42 Å². The Morgan fingerprint density at radius 2 is 1.53 bits per heavy atom. The Labute approximate surface area is 189 Å². The molecule has 1 aliphatic heterocycles. The molecule has 1 saturated heterocycles. The molecule has 170 valence electrons. The van der Waals surface area contributed by atoms with Crippen molar-refractivity contribution in [2.45, 2.75) is 44.0 Å². The van der Waals surface area contributed by atoms with Crippen LogP contribution >= 0.6 is 0 Å². The van der Waals surface area contributed by atoms with E-state index in [2.05, 4.69) is 24.5 Å². The number of piperidine rings is 1. The number of hydrogen-bond acceptors (Lipinski definition) is 4. The van der Waals surface area contributed by atoms with Crippen LogP contribution in [0.3, 0.4) is 0 Å². The van der Waals surface area contributed by atoms with E-state index in [9.17, 15) is 18.0 Å². The molecular formula is C24H29N3O4S. The number of rotatable bonds is 6. The van der Waals surface area contributed by atoms with Crippen molar-refractivity contribution in [1.29, 1.82) is 0 Å². The standard InChI is InChI=1S/C24H29N3O4S/c1-16-11-17(2)15-27(14-16)32(30,31)22-8-4-6-19(13-22)24(29)26-21-7-3-5-18(12-21)23(28)25-20-9-10-20/h3-8,12-13,16-17,20H,9-11,14-15H2,1-2H3,(H,25,28)(H,26,29). The summed E-state index contributed by atoms with van der Waals surface area (Å²) in [5.41, 5.74) is 1.20. The predicted molar refractivity (Wildman–Crippen MR) is 123 cm³/mol. The molecule has 2 N–H and O–H groups in total. The van der Waals surface area contributed by atoms with E-state index < -0.39 is 15.9 Å². The molecular weight excluding hydrogens is 426 g/mol. The minimum absolute atomic E-state index is 0.115. The molecule has 0 radical (unpaired) electrons. The van der Waals surface area contributed by atoms with Gasteiger partial charge >= 0.3 is 0 Å². The number of benzene rings is 2. The van der Waals surface area contributed by atoms with Gasteiger partial charge in [-0.05, 0) is 67.5 Å². The highest BCUT2D eigenvalue weighted by atomic mass is 32.2. The number of hydrogen-bond donors (Lipinski definition) is 2. The first-order valence-electron chi connectivity index (χ1n) is 11.0. The van der Waals surface area contributed by atoms with Crippen molar-refractivity contribution in [2.75, 3.05) is 18.4 Å². The molecule has 1 aliphatic carbocycles. The van der Waals surface area contributed by atoms with Gasteiger partial charge in [-0.3, -0.25) is 9.59 Å². The number of nitrogens with zero attached hydrogens (tertiary/aromatic N) is 1. The van der Waals surface area contributed by atoms with Gasteiger partial charge in [-0.2, -0.15) is 4.31 Å². The van der Waals surface area contributed by atoms with Crippen molar-refractivity contribution in [1.82, 2.24) is 9.62 Å². The Hall–Kier alpha value is -2.71. The summed E-state index contributed by atoms with van der Waals surface area (Å²) in [6, 6.07) is 13.1. The van der Waals surface area contributed by atoms with Gasteiger partial charge in [0.2, 0.25) is 10.0 Å². The molecule has 2 aromatic rings. The number of carbonyl (C=O) groups excluding carboxylic acids is 2. The minimum Gasteiger partial charge on any atom is -0.349 e. The second-order valence-electron chi connectivity index (χ2n) is 9.08. The molecule has 8 heteroatoms. The summed E-state index contributed by atoms with van der Waals surface area (Å²) in [5.74, 6) is -0.00217. The molecule has 2 unspecified atom stereocenters. The zero-order valence-electron chi connectivity index (χ0n) is 18.4. The highest BCUT2D eigenvalue weighted by Crippen LogP contribution is 2.27. The monoisotopic (exact) mass is 455 g/mol. The lowest BCUT2D eigenvalue weighted by atomic mass is 9.94. The summed E-state index contributed by atoms with van der Waals surface area (Å²) in [5, 5.41) is 5.69. The number of anilines is 1. The van der Waals surface area contributed by atoms with Gasteiger partial charge in [-0.15, -0.1) is 0 Å². The van der Waals surface area contributed by atoms with Crippen molar-refractivity contribution in [3.8, 4) is 0 Å². The fourth-order valence-corrected chi connectivity index (χ4v) is 5.91. The van der Waals surface area contributed by atoms with Crippen LogP contribution in [0.2, 0.25) is 0 Å². The molecule has 0 aromatic heterocycles. The van der Waals surface area contributed by atoms with Crippen LogP contribution in [0.4, 0.5) is 5.69 Å². The van der Waals surface area contributed by atoms with Gasteiger partial charge in [0.05, 0.1) is 4.90 Å². The zero-order chi connectivity index (χ0) is 22.9. The van der Waals surface area contributed by atoms with Crippen LogP contribution in [0.5, 0.6) is 0 Å². The maximum atomic E-state index is 13.2. The lowest BCUT2D eigenvalue weighted by Gasteiger charge is -2.34. The summed E-state index contributed by atoms with van der Waals surface area (Å²) in [6.07, 6.45) is 3.00. The smallest absolute Gasteiger partial charge is 0.255 e. The second kappa shape index (κ2) is 9.03. The Kier molecular flexibility index (Phi) is 6.35. The van der Waals surface area contributed by atoms with E-state index in [4.69, 9.17) is 0 Å². The lowest BCUT2D eigenvalue weighted by Crippen LogP contribution is -2.42. The maximum absolute atomic E-state index is 13.2. The first-order valence-corrected chi connectivity index (χ1v) is 12.5. The quantitative estimate of drug-likeness (QED) is 0.697. The van der Waals surface area contributed by atoms with Crippen LogP contribution in [0.1, 0.15) is 53.8 Å². The van der Waals surface area contributed by atoms with Gasteiger partial charge in [0.25, 0.3) is 11.8 Å². The Morgan fingerprint density at radius 1 is 0.906 bits per heavy atom. The molecule has 4 rings (SSSR count). The third-order valence-electron chi connectivity index (χ3n) is 5.86. The van der Waals surface area contributed by atoms with E-state index in [0.29, 0.717) is 36.2 Å². The molecule has 1 saturated carbocycles. The minimum atomic E-state index is -3.68. The second-order valence-corrected chi connectivity index (χ2v) is 11.0. The van der Waals surface area contributed by atoms with E-state index in [1.165, 1.54) is 16.4 Å². The number of amides is 2. The van der Waals surface area contributed by atoms with E-state index in [1.54, 1.807) is 36.4 Å². The van der Waals surface area contributed by atoms with E-state index >= 15 is 0 Å². The molecule has 1 heterocycles. The Bertz CT molecular complexity index is 1120. The molecule has 0 spiro atoms. The van der Waals surface area contributed by atoms with E-state index in [-0.39, 0.29) is 22.4 Å². The summed E-state index contributed by atoms with van der Waals surface area (Å²) in [7, 11) is -3.68. The average Bonchev–Trinajstić information content (AvgIpc) is 3.57. The number of carbonyl (C=O) groups is 2. The predicted octanol–water partition coefficient (Wildman–Crippen LogP) is 3.50. The third kappa shape index (κ3) is 5.19. The van der Waals surface area contributed by atoms with Crippen LogP contribution < -0.4 is 10.6 Å². The van der Waals surface area contributed by atoms with Gasteiger partial charge in [0.1, 0.15) is 0 Å². The average molecular weight is 456 g/mol. The van der Waals surface area contributed by atoms with Crippen molar-refractivity contribution in [2.24, 2.45) is 11.8 Å². The third-order valence-corrected chi connectivity index (χ3v) is 7.69. The largest absolute Gasteiger partial charge is 0.349 e. The summed E-state index contributed by atoms with van der Waals surface area (Å²) >= 11 is 0. The maximum Gasteiger partial charge on any atom is 0.255 e. The number of sulfonamides is 1. The van der Waals surface area contributed by atoms with Crippen molar-refractivity contribution in [3.63, 3.8) is 0 Å². The highest BCUT2D eigenvalue weighted by Gasteiger charge is 2.32. The van der Waals surface area contributed by atoms with Crippen LogP contribution in [-0.4, -0.2) is 43.7 Å². The first-order chi connectivity index (χ1) is 15.2. The highest BCUT2D eigenvalue weighted by molar-refractivity contribution is 7.89. The molecule has 2 aromatic carbocycles. The van der Waals surface area contributed by atoms with E-state index in [0.717, 1.165) is 19.3 Å². The Morgan fingerprint density at radius 3 is 2.19 bits per heavy atom. The van der Waals surface area contributed by atoms with Gasteiger partial charge in [-0.1, -0.05) is 26.0 Å².